The van der Waals surface area contributed by atoms with Crippen LogP contribution in [0.5, 0.6) is 17.2 Å². The predicted octanol–water partition coefficient (Wildman–Crippen LogP) is 2.72. The molecule has 0 aliphatic carbocycles. The normalized spacial score (nSPS) is 12.5. The van der Waals surface area contributed by atoms with Gasteiger partial charge in [0.2, 0.25) is 6.79 Å². The Kier molecular flexibility index (Phi) is 2.87. The summed E-state index contributed by atoms with van der Waals surface area (Å²) in [4.78, 5) is 0. The van der Waals surface area contributed by atoms with E-state index < -0.39 is 5.82 Å². The minimum absolute atomic E-state index is 0.108. The van der Waals surface area contributed by atoms with Crippen molar-refractivity contribution in [1.82, 2.24) is 0 Å². The zero-order valence-electron chi connectivity index (χ0n) is 10.1. The first-order valence-corrected chi connectivity index (χ1v) is 5.79. The highest BCUT2D eigenvalue weighted by Crippen LogP contribution is 2.35. The first-order valence-electron chi connectivity index (χ1n) is 5.79. The number of ether oxygens (including phenoxy) is 3. The van der Waals surface area contributed by atoms with Crippen LogP contribution in [-0.2, 0) is 6.61 Å². The van der Waals surface area contributed by atoms with Crippen molar-refractivity contribution in [2.75, 3.05) is 12.5 Å². The second kappa shape index (κ2) is 4.68. The molecule has 0 aromatic heterocycles. The van der Waals surface area contributed by atoms with Crippen LogP contribution in [0.1, 0.15) is 5.56 Å². The molecule has 0 radical (unpaired) electrons. The Hall–Kier alpha value is -2.43. The van der Waals surface area contributed by atoms with Crippen molar-refractivity contribution >= 4 is 5.69 Å². The lowest BCUT2D eigenvalue weighted by molar-refractivity contribution is 0.173. The Morgan fingerprint density at radius 3 is 2.89 bits per heavy atom. The summed E-state index contributed by atoms with van der Waals surface area (Å²) in [5.74, 6) is 1.46. The first-order chi connectivity index (χ1) is 9.24. The number of benzene rings is 2. The fourth-order valence-corrected chi connectivity index (χ4v) is 1.84. The lowest BCUT2D eigenvalue weighted by atomic mass is 10.2. The van der Waals surface area contributed by atoms with Gasteiger partial charge in [0, 0.05) is 11.6 Å². The number of nitrogen functional groups attached to an aromatic ring is 1. The van der Waals surface area contributed by atoms with Gasteiger partial charge < -0.3 is 19.9 Å². The summed E-state index contributed by atoms with van der Waals surface area (Å²) in [5.41, 5.74) is 6.03. The van der Waals surface area contributed by atoms with Crippen LogP contribution < -0.4 is 19.9 Å². The number of fused-ring (bicyclic) bond motifs is 1. The van der Waals surface area contributed by atoms with Crippen molar-refractivity contribution in [3.8, 4) is 17.2 Å². The number of rotatable bonds is 3. The molecule has 0 spiro atoms. The Bertz CT molecular complexity index is 616. The van der Waals surface area contributed by atoms with Gasteiger partial charge >= 0.3 is 0 Å². The van der Waals surface area contributed by atoms with Gasteiger partial charge in [-0.05, 0) is 18.2 Å². The van der Waals surface area contributed by atoms with Gasteiger partial charge in [0.25, 0.3) is 0 Å². The molecule has 0 amide bonds. The van der Waals surface area contributed by atoms with E-state index in [0.717, 1.165) is 0 Å². The fraction of sp³-hybridized carbons (Fsp3) is 0.143. The van der Waals surface area contributed by atoms with Crippen molar-refractivity contribution in [3.63, 3.8) is 0 Å². The molecule has 0 atom stereocenters. The van der Waals surface area contributed by atoms with Gasteiger partial charge in [-0.1, -0.05) is 12.1 Å². The molecule has 2 N–H and O–H groups in total. The molecule has 2 aromatic carbocycles. The Balaban J connectivity index is 1.74. The van der Waals surface area contributed by atoms with Crippen LogP contribution in [0.2, 0.25) is 0 Å². The molecule has 98 valence electrons. The smallest absolute Gasteiger partial charge is 0.231 e. The Morgan fingerprint density at radius 2 is 2.00 bits per heavy atom. The third-order valence-corrected chi connectivity index (χ3v) is 2.85. The number of anilines is 1. The summed E-state index contributed by atoms with van der Waals surface area (Å²) >= 11 is 0. The van der Waals surface area contributed by atoms with Gasteiger partial charge in [0.1, 0.15) is 12.4 Å². The first kappa shape index (κ1) is 11.6. The standard InChI is InChI=1S/C14H12FNO3/c15-14-9(2-1-3-11(14)16)7-17-10-4-5-12-13(6-10)19-8-18-12/h1-6H,7-8,16H2. The monoisotopic (exact) mass is 261 g/mol. The minimum atomic E-state index is -0.441. The molecular formula is C14H12FNO3. The van der Waals surface area contributed by atoms with Gasteiger partial charge in [-0.25, -0.2) is 4.39 Å². The molecule has 3 rings (SSSR count). The molecule has 0 bridgehead atoms. The maximum absolute atomic E-state index is 13.7. The molecule has 0 saturated carbocycles. The summed E-state index contributed by atoms with van der Waals surface area (Å²) in [6, 6.07) is 10.1. The third kappa shape index (κ3) is 2.27. The molecule has 0 unspecified atom stereocenters. The van der Waals surface area contributed by atoms with Gasteiger partial charge in [0.05, 0.1) is 5.69 Å². The molecule has 5 heteroatoms. The largest absolute Gasteiger partial charge is 0.489 e. The van der Waals surface area contributed by atoms with E-state index in [1.807, 2.05) is 0 Å². The van der Waals surface area contributed by atoms with Gasteiger partial charge in [-0.3, -0.25) is 0 Å². The van der Waals surface area contributed by atoms with E-state index in [0.29, 0.717) is 22.8 Å². The van der Waals surface area contributed by atoms with E-state index in [9.17, 15) is 4.39 Å². The quantitative estimate of drug-likeness (QED) is 0.863. The fourth-order valence-electron chi connectivity index (χ4n) is 1.84. The van der Waals surface area contributed by atoms with Crippen molar-refractivity contribution in [3.05, 3.63) is 47.8 Å². The predicted molar refractivity (Wildman–Crippen MR) is 67.7 cm³/mol. The zero-order chi connectivity index (χ0) is 13.2. The van der Waals surface area contributed by atoms with E-state index >= 15 is 0 Å². The topological polar surface area (TPSA) is 53.7 Å². The molecule has 4 nitrogen and oxygen atoms in total. The van der Waals surface area contributed by atoms with Crippen molar-refractivity contribution < 1.29 is 18.6 Å². The molecule has 0 fully saturated rings. The highest BCUT2D eigenvalue weighted by Gasteiger charge is 2.14. The molecule has 1 heterocycles. The maximum Gasteiger partial charge on any atom is 0.231 e. The van der Waals surface area contributed by atoms with E-state index in [1.54, 1.807) is 30.3 Å². The van der Waals surface area contributed by atoms with E-state index in [-0.39, 0.29) is 19.1 Å². The average molecular weight is 261 g/mol. The molecular weight excluding hydrogens is 249 g/mol. The van der Waals surface area contributed by atoms with Crippen LogP contribution in [0.15, 0.2) is 36.4 Å². The highest BCUT2D eigenvalue weighted by molar-refractivity contribution is 5.47. The van der Waals surface area contributed by atoms with Crippen LogP contribution in [0, 0.1) is 5.82 Å². The Morgan fingerprint density at radius 1 is 1.16 bits per heavy atom. The lowest BCUT2D eigenvalue weighted by Gasteiger charge is -2.08. The van der Waals surface area contributed by atoms with E-state index in [4.69, 9.17) is 19.9 Å². The lowest BCUT2D eigenvalue weighted by Crippen LogP contribution is -2.01. The summed E-state index contributed by atoms with van der Waals surface area (Å²) in [6.45, 7) is 0.319. The summed E-state index contributed by atoms with van der Waals surface area (Å²) in [7, 11) is 0. The Labute approximate surface area is 109 Å². The van der Waals surface area contributed by atoms with E-state index in [2.05, 4.69) is 0 Å². The van der Waals surface area contributed by atoms with Gasteiger partial charge in [0.15, 0.2) is 17.3 Å². The second-order valence-corrected chi connectivity index (χ2v) is 4.12. The van der Waals surface area contributed by atoms with Crippen LogP contribution in [-0.4, -0.2) is 6.79 Å². The van der Waals surface area contributed by atoms with Crippen LogP contribution in [0.3, 0.4) is 0 Å². The van der Waals surface area contributed by atoms with Crippen LogP contribution in [0.25, 0.3) is 0 Å². The highest BCUT2D eigenvalue weighted by atomic mass is 19.1. The number of halogens is 1. The third-order valence-electron chi connectivity index (χ3n) is 2.85. The summed E-state index contributed by atoms with van der Waals surface area (Å²) in [5, 5.41) is 0. The molecule has 19 heavy (non-hydrogen) atoms. The van der Waals surface area contributed by atoms with Crippen LogP contribution in [0.4, 0.5) is 10.1 Å². The number of hydrogen-bond donors (Lipinski definition) is 1. The molecule has 1 aliphatic heterocycles. The number of hydrogen-bond acceptors (Lipinski definition) is 4. The summed E-state index contributed by atoms with van der Waals surface area (Å²) in [6.07, 6.45) is 0. The maximum atomic E-state index is 13.7. The second-order valence-electron chi connectivity index (χ2n) is 4.12. The molecule has 2 aromatic rings. The zero-order valence-corrected chi connectivity index (χ0v) is 10.1. The van der Waals surface area contributed by atoms with Gasteiger partial charge in [-0.2, -0.15) is 0 Å². The van der Waals surface area contributed by atoms with Crippen molar-refractivity contribution in [2.45, 2.75) is 6.61 Å². The van der Waals surface area contributed by atoms with Gasteiger partial charge in [-0.15, -0.1) is 0 Å². The van der Waals surface area contributed by atoms with Crippen molar-refractivity contribution in [1.29, 1.82) is 0 Å². The molecule has 1 aliphatic rings. The average Bonchev–Trinajstić information content (AvgIpc) is 2.88. The SMILES string of the molecule is Nc1cccc(COc2ccc3c(c2)OCO3)c1F. The van der Waals surface area contributed by atoms with E-state index in [1.165, 1.54) is 6.07 Å². The molecule has 0 saturated heterocycles. The minimum Gasteiger partial charge on any atom is -0.489 e. The van der Waals surface area contributed by atoms with Crippen molar-refractivity contribution in [2.24, 2.45) is 0 Å². The summed E-state index contributed by atoms with van der Waals surface area (Å²) < 4.78 is 29.6. The number of nitrogens with two attached hydrogens (primary N) is 1. The van der Waals surface area contributed by atoms with Crippen LogP contribution >= 0.6 is 0 Å².